The Balaban J connectivity index is 2.99. The van der Waals surface area contributed by atoms with E-state index in [4.69, 9.17) is 15.1 Å². The molecule has 1 amide bonds. The predicted molar refractivity (Wildman–Crippen MR) is 75.5 cm³/mol. The topological polar surface area (TPSA) is 99.4 Å². The Hall–Kier alpha value is -2.55. The van der Waals surface area contributed by atoms with Crippen molar-refractivity contribution in [2.45, 2.75) is 38.8 Å². The lowest BCUT2D eigenvalue weighted by atomic mass is 9.99. The van der Waals surface area contributed by atoms with Crippen molar-refractivity contribution in [3.63, 3.8) is 0 Å². The highest BCUT2D eigenvalue weighted by Gasteiger charge is 2.24. The molecule has 0 unspecified atom stereocenters. The van der Waals surface area contributed by atoms with Crippen LogP contribution in [0.15, 0.2) is 24.3 Å². The van der Waals surface area contributed by atoms with Crippen molar-refractivity contribution in [2.75, 3.05) is 0 Å². The summed E-state index contributed by atoms with van der Waals surface area (Å²) in [5.41, 5.74) is 0.0835. The Labute approximate surface area is 123 Å². The van der Waals surface area contributed by atoms with Gasteiger partial charge in [-0.25, -0.2) is 4.79 Å². The summed E-state index contributed by atoms with van der Waals surface area (Å²) in [5, 5.41) is 20.6. The first-order chi connectivity index (χ1) is 9.73. The van der Waals surface area contributed by atoms with Crippen molar-refractivity contribution in [1.82, 2.24) is 5.32 Å². The van der Waals surface area contributed by atoms with E-state index in [1.165, 1.54) is 0 Å². The lowest BCUT2D eigenvalue weighted by Gasteiger charge is -2.23. The Morgan fingerprint density at radius 2 is 2.00 bits per heavy atom. The summed E-state index contributed by atoms with van der Waals surface area (Å²) in [4.78, 5) is 22.8. The number of carbonyl (C=O) groups excluding carboxylic acids is 1. The van der Waals surface area contributed by atoms with Crippen LogP contribution in [0, 0.1) is 11.3 Å². The van der Waals surface area contributed by atoms with Gasteiger partial charge in [0.15, 0.2) is 0 Å². The number of benzene rings is 1. The van der Waals surface area contributed by atoms with Crippen molar-refractivity contribution in [2.24, 2.45) is 0 Å². The largest absolute Gasteiger partial charge is 0.481 e. The quantitative estimate of drug-likeness (QED) is 0.887. The van der Waals surface area contributed by atoms with Crippen LogP contribution in [0.5, 0.6) is 0 Å². The van der Waals surface area contributed by atoms with E-state index in [-0.39, 0.29) is 6.42 Å². The van der Waals surface area contributed by atoms with Crippen LogP contribution < -0.4 is 5.32 Å². The van der Waals surface area contributed by atoms with Crippen LogP contribution in [0.4, 0.5) is 4.79 Å². The maximum Gasteiger partial charge on any atom is 0.408 e. The molecule has 0 spiro atoms. The van der Waals surface area contributed by atoms with Gasteiger partial charge in [-0.15, -0.1) is 0 Å². The van der Waals surface area contributed by atoms with Crippen molar-refractivity contribution < 1.29 is 19.4 Å². The first-order valence-corrected chi connectivity index (χ1v) is 6.43. The molecule has 21 heavy (non-hydrogen) atoms. The van der Waals surface area contributed by atoms with E-state index >= 15 is 0 Å². The van der Waals surface area contributed by atoms with Crippen LogP contribution in [0.2, 0.25) is 0 Å². The maximum absolute atomic E-state index is 11.8. The number of ether oxygens (including phenoxy) is 1. The molecule has 0 saturated carbocycles. The third kappa shape index (κ3) is 5.53. The van der Waals surface area contributed by atoms with Gasteiger partial charge in [-0.1, -0.05) is 18.2 Å². The van der Waals surface area contributed by atoms with Crippen LogP contribution >= 0.6 is 0 Å². The van der Waals surface area contributed by atoms with Gasteiger partial charge in [0.05, 0.1) is 24.1 Å². The van der Waals surface area contributed by atoms with Gasteiger partial charge in [0, 0.05) is 0 Å². The second kappa shape index (κ2) is 6.75. The Kier molecular flexibility index (Phi) is 5.30. The minimum atomic E-state index is -1.08. The molecule has 0 aromatic heterocycles. The van der Waals surface area contributed by atoms with E-state index in [2.05, 4.69) is 5.32 Å². The molecule has 112 valence electrons. The normalized spacial score (nSPS) is 12.1. The molecule has 2 N–H and O–H groups in total. The number of carboxylic acids is 1. The summed E-state index contributed by atoms with van der Waals surface area (Å²) >= 11 is 0. The van der Waals surface area contributed by atoms with Gasteiger partial charge in [-0.05, 0) is 32.4 Å². The SMILES string of the molecule is CC(C)(C)OC(=O)N[C@@H](CC(=O)O)c1ccccc1C#N. The van der Waals surface area contributed by atoms with Crippen LogP contribution in [-0.2, 0) is 9.53 Å². The second-order valence-corrected chi connectivity index (χ2v) is 5.50. The zero-order valence-corrected chi connectivity index (χ0v) is 12.2. The number of rotatable bonds is 4. The molecular formula is C15H18N2O4. The van der Waals surface area contributed by atoms with E-state index in [0.29, 0.717) is 11.1 Å². The monoisotopic (exact) mass is 290 g/mol. The molecule has 0 aliphatic heterocycles. The van der Waals surface area contributed by atoms with Gasteiger partial charge in [0.2, 0.25) is 0 Å². The number of amides is 1. The lowest BCUT2D eigenvalue weighted by molar-refractivity contribution is -0.137. The summed E-state index contributed by atoms with van der Waals surface area (Å²) < 4.78 is 5.12. The zero-order valence-electron chi connectivity index (χ0n) is 12.2. The number of alkyl carbamates (subject to hydrolysis) is 1. The zero-order chi connectivity index (χ0) is 16.0. The molecule has 0 saturated heterocycles. The number of hydrogen-bond donors (Lipinski definition) is 2. The average Bonchev–Trinajstić information content (AvgIpc) is 2.35. The minimum absolute atomic E-state index is 0.319. The van der Waals surface area contributed by atoms with Gasteiger partial charge in [0.25, 0.3) is 0 Å². The third-order valence-electron chi connectivity index (χ3n) is 2.53. The van der Waals surface area contributed by atoms with Gasteiger partial charge >= 0.3 is 12.1 Å². The highest BCUT2D eigenvalue weighted by molar-refractivity contribution is 5.72. The average molecular weight is 290 g/mol. The molecule has 1 aromatic rings. The van der Waals surface area contributed by atoms with Crippen molar-refractivity contribution in [3.8, 4) is 6.07 Å². The number of hydrogen-bond acceptors (Lipinski definition) is 4. The molecule has 6 heteroatoms. The number of carboxylic acid groups (broad SMARTS) is 1. The highest BCUT2D eigenvalue weighted by Crippen LogP contribution is 2.21. The maximum atomic E-state index is 11.8. The number of nitrogens with one attached hydrogen (secondary N) is 1. The van der Waals surface area contributed by atoms with Crippen molar-refractivity contribution in [1.29, 1.82) is 5.26 Å². The third-order valence-corrected chi connectivity index (χ3v) is 2.53. The number of nitrogens with zero attached hydrogens (tertiary/aromatic N) is 1. The fraction of sp³-hybridized carbons (Fsp3) is 0.400. The molecule has 0 fully saturated rings. The van der Waals surface area contributed by atoms with E-state index < -0.39 is 23.7 Å². The second-order valence-electron chi connectivity index (χ2n) is 5.50. The fourth-order valence-corrected chi connectivity index (χ4v) is 1.77. The molecule has 0 radical (unpaired) electrons. The first kappa shape index (κ1) is 16.5. The van der Waals surface area contributed by atoms with Gasteiger partial charge < -0.3 is 15.2 Å². The molecule has 0 aliphatic rings. The van der Waals surface area contributed by atoms with E-state index in [0.717, 1.165) is 0 Å². The summed E-state index contributed by atoms with van der Waals surface area (Å²) in [5.74, 6) is -1.08. The van der Waals surface area contributed by atoms with Gasteiger partial charge in [0.1, 0.15) is 5.60 Å². The van der Waals surface area contributed by atoms with Crippen molar-refractivity contribution in [3.05, 3.63) is 35.4 Å². The number of carbonyl (C=O) groups is 2. The van der Waals surface area contributed by atoms with Gasteiger partial charge in [-0.2, -0.15) is 5.26 Å². The molecule has 0 heterocycles. The van der Waals surface area contributed by atoms with Crippen LogP contribution in [-0.4, -0.2) is 22.8 Å². The van der Waals surface area contributed by atoms with Crippen LogP contribution in [0.25, 0.3) is 0 Å². The van der Waals surface area contributed by atoms with E-state index in [1.807, 2.05) is 6.07 Å². The van der Waals surface area contributed by atoms with Crippen LogP contribution in [0.1, 0.15) is 44.4 Å². The Morgan fingerprint density at radius 1 is 1.38 bits per heavy atom. The lowest BCUT2D eigenvalue weighted by Crippen LogP contribution is -2.36. The Morgan fingerprint density at radius 3 is 2.52 bits per heavy atom. The smallest absolute Gasteiger partial charge is 0.408 e. The standard InChI is InChI=1S/C15H18N2O4/c1-15(2,3)21-14(20)17-12(8-13(18)19)11-7-5-4-6-10(11)9-16/h4-7,12H,8H2,1-3H3,(H,17,20)(H,18,19)/t12-/m0/s1. The van der Waals surface area contributed by atoms with Crippen molar-refractivity contribution >= 4 is 12.1 Å². The summed E-state index contributed by atoms with van der Waals surface area (Å²) in [7, 11) is 0. The number of aliphatic carboxylic acids is 1. The summed E-state index contributed by atoms with van der Waals surface area (Å²) in [6.45, 7) is 5.13. The predicted octanol–water partition coefficient (Wildman–Crippen LogP) is 2.60. The summed E-state index contributed by atoms with van der Waals surface area (Å²) in [6.07, 6.45) is -1.06. The Bertz CT molecular complexity index is 570. The molecule has 0 aliphatic carbocycles. The highest BCUT2D eigenvalue weighted by atomic mass is 16.6. The molecule has 1 atom stereocenters. The van der Waals surface area contributed by atoms with Gasteiger partial charge in [-0.3, -0.25) is 4.79 Å². The van der Waals surface area contributed by atoms with E-state index in [1.54, 1.807) is 45.0 Å². The first-order valence-electron chi connectivity index (χ1n) is 6.43. The molecule has 0 bridgehead atoms. The van der Waals surface area contributed by atoms with E-state index in [9.17, 15) is 9.59 Å². The molecule has 1 aromatic carbocycles. The molecule has 6 nitrogen and oxygen atoms in total. The fourth-order valence-electron chi connectivity index (χ4n) is 1.77. The molecular weight excluding hydrogens is 272 g/mol. The number of nitriles is 1. The molecule has 1 rings (SSSR count). The summed E-state index contributed by atoms with van der Waals surface area (Å²) in [6, 6.07) is 7.70. The van der Waals surface area contributed by atoms with Crippen LogP contribution in [0.3, 0.4) is 0 Å². The minimum Gasteiger partial charge on any atom is -0.481 e.